The van der Waals surface area contributed by atoms with Gasteiger partial charge in [-0.3, -0.25) is 4.79 Å². The van der Waals surface area contributed by atoms with E-state index in [-0.39, 0.29) is 30.9 Å². The van der Waals surface area contributed by atoms with Crippen LogP contribution in [-0.4, -0.2) is 16.0 Å². The maximum Gasteiger partial charge on any atom is 0.248 e. The highest BCUT2D eigenvalue weighted by Crippen LogP contribution is 2.08. The van der Waals surface area contributed by atoms with Crippen molar-refractivity contribution in [2.45, 2.75) is 26.4 Å². The van der Waals surface area contributed by atoms with Crippen LogP contribution in [0.2, 0.25) is 0 Å². The molecule has 3 N–H and O–H groups in total. The van der Waals surface area contributed by atoms with Gasteiger partial charge in [0.25, 0.3) is 0 Å². The Kier molecular flexibility index (Phi) is 5.11. The van der Waals surface area contributed by atoms with Crippen LogP contribution in [0, 0.1) is 0 Å². The van der Waals surface area contributed by atoms with Crippen LogP contribution in [0.3, 0.4) is 0 Å². The average molecular weight is 221 g/mol. The van der Waals surface area contributed by atoms with Crippen LogP contribution in [0.15, 0.2) is 4.52 Å². The van der Waals surface area contributed by atoms with Crippen molar-refractivity contribution in [3.63, 3.8) is 0 Å². The summed E-state index contributed by atoms with van der Waals surface area (Å²) < 4.78 is 4.86. The molecule has 0 spiro atoms. The first-order valence-corrected chi connectivity index (χ1v) is 3.93. The molecule has 1 aromatic heterocycles. The Bertz CT molecular complexity index is 302. The van der Waals surface area contributed by atoms with Crippen LogP contribution in [0.4, 0.5) is 0 Å². The lowest BCUT2D eigenvalue weighted by Crippen LogP contribution is -2.23. The van der Waals surface area contributed by atoms with Gasteiger partial charge in [0.15, 0.2) is 5.82 Å². The van der Waals surface area contributed by atoms with Crippen LogP contribution < -0.4 is 11.1 Å². The number of nitrogens with zero attached hydrogens (tertiary/aromatic N) is 2. The predicted octanol–water partition coefficient (Wildman–Crippen LogP) is 0.147. The molecule has 7 heteroatoms. The molecular weight excluding hydrogens is 208 g/mol. The second-order valence-electron chi connectivity index (χ2n) is 2.68. The van der Waals surface area contributed by atoms with E-state index in [1.165, 1.54) is 6.92 Å². The molecule has 0 aliphatic rings. The summed E-state index contributed by atoms with van der Waals surface area (Å²) in [6.07, 6.45) is 0. The summed E-state index contributed by atoms with van der Waals surface area (Å²) in [5.74, 6) is 0.669. The van der Waals surface area contributed by atoms with Gasteiger partial charge in [-0.2, -0.15) is 4.98 Å². The third-order valence-electron chi connectivity index (χ3n) is 1.46. The summed E-state index contributed by atoms with van der Waals surface area (Å²) in [6.45, 7) is 3.42. The summed E-state index contributed by atoms with van der Waals surface area (Å²) in [5.41, 5.74) is 5.29. The van der Waals surface area contributed by atoms with Gasteiger partial charge in [-0.1, -0.05) is 5.16 Å². The quantitative estimate of drug-likeness (QED) is 0.756. The van der Waals surface area contributed by atoms with E-state index in [0.29, 0.717) is 11.7 Å². The first-order valence-electron chi connectivity index (χ1n) is 3.93. The van der Waals surface area contributed by atoms with Crippen molar-refractivity contribution in [2.24, 2.45) is 5.73 Å². The summed E-state index contributed by atoms with van der Waals surface area (Å²) in [7, 11) is 0. The molecule has 0 bridgehead atoms. The van der Waals surface area contributed by atoms with Gasteiger partial charge in [-0.05, 0) is 6.92 Å². The topological polar surface area (TPSA) is 94.0 Å². The third kappa shape index (κ3) is 3.31. The number of rotatable bonds is 3. The molecule has 1 aromatic rings. The van der Waals surface area contributed by atoms with Gasteiger partial charge in [-0.25, -0.2) is 0 Å². The first kappa shape index (κ1) is 12.9. The van der Waals surface area contributed by atoms with E-state index in [4.69, 9.17) is 10.3 Å². The lowest BCUT2D eigenvalue weighted by molar-refractivity contribution is -0.119. The molecule has 1 heterocycles. The third-order valence-corrected chi connectivity index (χ3v) is 1.46. The van der Waals surface area contributed by atoms with Crippen molar-refractivity contribution < 1.29 is 9.32 Å². The Balaban J connectivity index is 0.00000169. The van der Waals surface area contributed by atoms with Gasteiger partial charge in [0.1, 0.15) is 6.04 Å². The van der Waals surface area contributed by atoms with E-state index in [1.54, 1.807) is 6.92 Å². The minimum atomic E-state index is -0.273. The number of carbonyl (C=O) groups is 1. The number of carbonyl (C=O) groups excluding carboxylic acids is 1. The Hall–Kier alpha value is -1.14. The van der Waals surface area contributed by atoms with E-state index >= 15 is 0 Å². The number of amides is 1. The maximum atomic E-state index is 10.7. The number of hydrogen-bond donors (Lipinski definition) is 2. The number of aromatic nitrogens is 2. The number of halogens is 1. The molecule has 0 aromatic carbocycles. The second-order valence-corrected chi connectivity index (χ2v) is 2.68. The van der Waals surface area contributed by atoms with Gasteiger partial charge in [-0.15, -0.1) is 12.4 Å². The molecule has 1 amide bonds. The van der Waals surface area contributed by atoms with Crippen molar-refractivity contribution >= 4 is 18.3 Å². The molecule has 1 rings (SSSR count). The molecule has 1 unspecified atom stereocenters. The summed E-state index contributed by atoms with van der Waals surface area (Å²) >= 11 is 0. The van der Waals surface area contributed by atoms with Gasteiger partial charge >= 0.3 is 0 Å². The molecule has 0 saturated carbocycles. The molecule has 80 valence electrons. The van der Waals surface area contributed by atoms with Crippen molar-refractivity contribution in [2.75, 3.05) is 0 Å². The molecule has 0 fully saturated rings. The largest absolute Gasteiger partial charge is 0.345 e. The minimum absolute atomic E-state index is 0. The fraction of sp³-hybridized carbons (Fsp3) is 0.571. The van der Waals surface area contributed by atoms with Gasteiger partial charge in [0.2, 0.25) is 11.8 Å². The lowest BCUT2D eigenvalue weighted by Gasteiger charge is -2.05. The van der Waals surface area contributed by atoms with E-state index < -0.39 is 0 Å². The van der Waals surface area contributed by atoms with Crippen LogP contribution in [0.25, 0.3) is 0 Å². The number of hydrogen-bond acceptors (Lipinski definition) is 5. The smallest absolute Gasteiger partial charge is 0.248 e. The first-order chi connectivity index (χ1) is 6.13. The van der Waals surface area contributed by atoms with E-state index in [1.807, 2.05) is 0 Å². The molecule has 0 aliphatic carbocycles. The van der Waals surface area contributed by atoms with Gasteiger partial charge < -0.3 is 15.6 Å². The SMILES string of the molecule is CC(=O)NC(C)c1nc(CN)no1.Cl. The summed E-state index contributed by atoms with van der Waals surface area (Å²) in [5, 5.41) is 6.22. The van der Waals surface area contributed by atoms with E-state index in [9.17, 15) is 4.79 Å². The maximum absolute atomic E-state index is 10.7. The van der Waals surface area contributed by atoms with Crippen LogP contribution in [0.5, 0.6) is 0 Å². The highest BCUT2D eigenvalue weighted by molar-refractivity contribution is 5.85. The lowest BCUT2D eigenvalue weighted by atomic mass is 10.3. The zero-order valence-electron chi connectivity index (χ0n) is 7.98. The van der Waals surface area contributed by atoms with Crippen molar-refractivity contribution in [1.29, 1.82) is 0 Å². The van der Waals surface area contributed by atoms with Crippen LogP contribution in [-0.2, 0) is 11.3 Å². The Morgan fingerprint density at radius 3 is 2.79 bits per heavy atom. The molecule has 6 nitrogen and oxygen atoms in total. The van der Waals surface area contributed by atoms with Crippen molar-refractivity contribution in [1.82, 2.24) is 15.5 Å². The summed E-state index contributed by atoms with van der Waals surface area (Å²) in [6, 6.07) is -0.273. The standard InChI is InChI=1S/C7H12N4O2.ClH/c1-4(9-5(2)12)7-10-6(3-8)11-13-7;/h4H,3,8H2,1-2H3,(H,9,12);1H. The number of nitrogens with two attached hydrogens (primary N) is 1. The minimum Gasteiger partial charge on any atom is -0.345 e. The molecule has 0 radical (unpaired) electrons. The molecular formula is C7H13ClN4O2. The summed E-state index contributed by atoms with van der Waals surface area (Å²) in [4.78, 5) is 14.6. The molecule has 0 aliphatic heterocycles. The highest BCUT2D eigenvalue weighted by atomic mass is 35.5. The second kappa shape index (κ2) is 5.56. The van der Waals surface area contributed by atoms with Gasteiger partial charge in [0.05, 0.1) is 6.54 Å². The van der Waals surface area contributed by atoms with E-state index in [0.717, 1.165) is 0 Å². The van der Waals surface area contributed by atoms with E-state index in [2.05, 4.69) is 15.5 Å². The van der Waals surface area contributed by atoms with Crippen molar-refractivity contribution in [3.8, 4) is 0 Å². The zero-order chi connectivity index (χ0) is 9.84. The normalized spacial score (nSPS) is 11.6. The van der Waals surface area contributed by atoms with Gasteiger partial charge in [0, 0.05) is 6.92 Å². The molecule has 14 heavy (non-hydrogen) atoms. The number of nitrogens with one attached hydrogen (secondary N) is 1. The highest BCUT2D eigenvalue weighted by Gasteiger charge is 2.13. The Labute approximate surface area is 87.6 Å². The van der Waals surface area contributed by atoms with Crippen molar-refractivity contribution in [3.05, 3.63) is 11.7 Å². The average Bonchev–Trinajstić information content (AvgIpc) is 2.50. The zero-order valence-corrected chi connectivity index (χ0v) is 8.80. The Morgan fingerprint density at radius 1 is 1.71 bits per heavy atom. The van der Waals surface area contributed by atoms with Crippen LogP contribution in [0.1, 0.15) is 31.6 Å². The molecule has 1 atom stereocenters. The van der Waals surface area contributed by atoms with Crippen LogP contribution >= 0.6 is 12.4 Å². The monoisotopic (exact) mass is 220 g/mol. The predicted molar refractivity (Wildman–Crippen MR) is 51.7 cm³/mol. The fourth-order valence-corrected chi connectivity index (χ4v) is 0.893. The fourth-order valence-electron chi connectivity index (χ4n) is 0.893. The molecule has 0 saturated heterocycles. The Morgan fingerprint density at radius 2 is 2.36 bits per heavy atom.